The van der Waals surface area contributed by atoms with Crippen LogP contribution in [0.2, 0.25) is 0 Å². The maximum Gasteiger partial charge on any atom is 0.264 e. The van der Waals surface area contributed by atoms with Crippen LogP contribution in [0.25, 0.3) is 0 Å². The van der Waals surface area contributed by atoms with Gasteiger partial charge in [-0.05, 0) is 66.6 Å². The normalized spacial score (nSPS) is 11.7. The molecule has 5 rings (SSSR count). The van der Waals surface area contributed by atoms with Crippen molar-refractivity contribution < 1.29 is 22.7 Å². The first-order chi connectivity index (χ1) is 22.7. The van der Waals surface area contributed by atoms with E-state index in [1.54, 1.807) is 36.4 Å². The Labute approximate surface area is 276 Å². The molecule has 0 aliphatic heterocycles. The van der Waals surface area contributed by atoms with Crippen molar-refractivity contribution in [2.24, 2.45) is 0 Å². The Hall–Kier alpha value is -5.41. The zero-order valence-corrected chi connectivity index (χ0v) is 27.1. The number of rotatable bonds is 13. The van der Waals surface area contributed by atoms with Gasteiger partial charge in [0.25, 0.3) is 10.0 Å². The summed E-state index contributed by atoms with van der Waals surface area (Å²) in [5, 5.41) is 2.70. The van der Waals surface area contributed by atoms with E-state index in [1.807, 2.05) is 97.9 Å². The second kappa shape index (κ2) is 15.2. The molecule has 240 valence electrons. The molecule has 9 heteroatoms. The van der Waals surface area contributed by atoms with Gasteiger partial charge < -0.3 is 15.0 Å². The Morgan fingerprint density at radius 2 is 1.23 bits per heavy atom. The average Bonchev–Trinajstić information content (AvgIpc) is 3.10. The zero-order chi connectivity index (χ0) is 33.2. The van der Waals surface area contributed by atoms with Gasteiger partial charge in [-0.25, -0.2) is 8.42 Å². The molecule has 1 unspecified atom stereocenters. The first-order valence-corrected chi connectivity index (χ1v) is 16.7. The smallest absolute Gasteiger partial charge is 0.264 e. The van der Waals surface area contributed by atoms with Crippen LogP contribution >= 0.6 is 0 Å². The number of ether oxygens (including phenoxy) is 1. The van der Waals surface area contributed by atoms with Crippen molar-refractivity contribution in [3.63, 3.8) is 0 Å². The number of anilines is 1. The fourth-order valence-corrected chi connectivity index (χ4v) is 6.59. The number of carbonyl (C=O) groups is 2. The Balaban J connectivity index is 1.53. The minimum Gasteiger partial charge on any atom is -0.457 e. The number of likely N-dealkylation sites (N-methyl/N-ethyl adjacent to an activating group) is 1. The van der Waals surface area contributed by atoms with Crippen LogP contribution < -0.4 is 14.4 Å². The number of carbonyl (C=O) groups excluding carboxylic acids is 2. The number of hydrogen-bond donors (Lipinski definition) is 1. The molecular weight excluding hydrogens is 611 g/mol. The summed E-state index contributed by atoms with van der Waals surface area (Å²) in [5.74, 6) is 0.258. The summed E-state index contributed by atoms with van der Waals surface area (Å²) in [6, 6.07) is 40.1. The predicted molar refractivity (Wildman–Crippen MR) is 184 cm³/mol. The van der Waals surface area contributed by atoms with E-state index in [0.717, 1.165) is 21.0 Å². The molecule has 0 saturated heterocycles. The third-order valence-electron chi connectivity index (χ3n) is 7.70. The van der Waals surface area contributed by atoms with Crippen molar-refractivity contribution in [1.82, 2.24) is 10.2 Å². The summed E-state index contributed by atoms with van der Waals surface area (Å²) in [5.41, 5.74) is 2.85. The summed E-state index contributed by atoms with van der Waals surface area (Å²) in [4.78, 5) is 29.3. The lowest BCUT2D eigenvalue weighted by molar-refractivity contribution is -0.139. The van der Waals surface area contributed by atoms with Gasteiger partial charge in [-0.1, -0.05) is 96.6 Å². The lowest BCUT2D eigenvalue weighted by atomic mass is 10.0. The molecule has 2 amide bonds. The number of aryl methyl sites for hydroxylation is 1. The van der Waals surface area contributed by atoms with E-state index in [2.05, 4.69) is 5.32 Å². The van der Waals surface area contributed by atoms with Gasteiger partial charge in [0.05, 0.1) is 10.6 Å². The zero-order valence-electron chi connectivity index (χ0n) is 26.3. The summed E-state index contributed by atoms with van der Waals surface area (Å²) in [7, 11) is -2.68. The highest BCUT2D eigenvalue weighted by Crippen LogP contribution is 2.29. The lowest BCUT2D eigenvalue weighted by Crippen LogP contribution is -2.53. The number of amides is 2. The molecule has 0 heterocycles. The Kier molecular flexibility index (Phi) is 10.7. The number of hydrogen-bond acceptors (Lipinski definition) is 5. The largest absolute Gasteiger partial charge is 0.457 e. The minimum absolute atomic E-state index is 0.0438. The minimum atomic E-state index is -4.21. The highest BCUT2D eigenvalue weighted by Gasteiger charge is 2.34. The van der Waals surface area contributed by atoms with Crippen molar-refractivity contribution in [3.05, 3.63) is 156 Å². The quantitative estimate of drug-likeness (QED) is 0.160. The summed E-state index contributed by atoms with van der Waals surface area (Å²) in [6.45, 7) is 1.44. The third-order valence-corrected chi connectivity index (χ3v) is 9.49. The summed E-state index contributed by atoms with van der Waals surface area (Å²) >= 11 is 0. The fourth-order valence-electron chi connectivity index (χ4n) is 5.17. The van der Waals surface area contributed by atoms with E-state index in [9.17, 15) is 18.0 Å². The van der Waals surface area contributed by atoms with Gasteiger partial charge >= 0.3 is 0 Å². The van der Waals surface area contributed by atoms with E-state index in [4.69, 9.17) is 4.74 Å². The van der Waals surface area contributed by atoms with Gasteiger partial charge in [-0.3, -0.25) is 13.9 Å². The number of nitrogens with zero attached hydrogens (tertiary/aromatic N) is 2. The average molecular weight is 648 g/mol. The molecule has 0 fully saturated rings. The molecule has 0 spiro atoms. The molecule has 0 aliphatic rings. The van der Waals surface area contributed by atoms with E-state index in [1.165, 1.54) is 24.1 Å². The molecule has 0 aliphatic carbocycles. The van der Waals surface area contributed by atoms with Crippen LogP contribution in [0.4, 0.5) is 5.69 Å². The standard InChI is InChI=1S/C38H37N3O5S/c1-29-18-24-35(25-19-29)47(44,45)41(32-20-22-34(23-21-32)46-33-16-10-5-11-17-33)28-37(42)40(27-31-14-8-4-9-15-31)36(38(43)39-2)26-30-12-6-3-7-13-30/h3-25,36H,26-28H2,1-2H3,(H,39,43). The Morgan fingerprint density at radius 1 is 0.702 bits per heavy atom. The van der Waals surface area contributed by atoms with Crippen molar-refractivity contribution in [3.8, 4) is 11.5 Å². The summed E-state index contributed by atoms with van der Waals surface area (Å²) < 4.78 is 35.5. The number of para-hydroxylation sites is 1. The molecule has 8 nitrogen and oxygen atoms in total. The van der Waals surface area contributed by atoms with E-state index in [-0.39, 0.29) is 29.5 Å². The molecule has 0 radical (unpaired) electrons. The highest BCUT2D eigenvalue weighted by atomic mass is 32.2. The van der Waals surface area contributed by atoms with Crippen molar-refractivity contribution in [2.75, 3.05) is 17.9 Å². The first-order valence-electron chi connectivity index (χ1n) is 15.3. The van der Waals surface area contributed by atoms with Crippen LogP contribution in [0.1, 0.15) is 16.7 Å². The highest BCUT2D eigenvalue weighted by molar-refractivity contribution is 7.92. The molecule has 1 atom stereocenters. The van der Waals surface area contributed by atoms with E-state index >= 15 is 0 Å². The molecule has 0 aromatic heterocycles. The second-order valence-electron chi connectivity index (χ2n) is 11.1. The SMILES string of the molecule is CNC(=O)C(Cc1ccccc1)N(Cc1ccccc1)C(=O)CN(c1ccc(Oc2ccccc2)cc1)S(=O)(=O)c1ccc(C)cc1. The maximum atomic E-state index is 14.4. The van der Waals surface area contributed by atoms with Crippen molar-refractivity contribution >= 4 is 27.5 Å². The van der Waals surface area contributed by atoms with Gasteiger partial charge in [-0.2, -0.15) is 0 Å². The van der Waals surface area contributed by atoms with Gasteiger partial charge in [0.1, 0.15) is 24.1 Å². The second-order valence-corrected chi connectivity index (χ2v) is 12.9. The van der Waals surface area contributed by atoms with Gasteiger partial charge in [0, 0.05) is 20.0 Å². The van der Waals surface area contributed by atoms with Gasteiger partial charge in [-0.15, -0.1) is 0 Å². The molecule has 1 N–H and O–H groups in total. The predicted octanol–water partition coefficient (Wildman–Crippen LogP) is 6.37. The van der Waals surface area contributed by atoms with Crippen LogP contribution in [0.3, 0.4) is 0 Å². The number of benzene rings is 5. The molecule has 0 saturated carbocycles. The van der Waals surface area contributed by atoms with Crippen molar-refractivity contribution in [2.45, 2.75) is 30.8 Å². The third kappa shape index (κ3) is 8.45. The van der Waals surface area contributed by atoms with Gasteiger partial charge in [0.2, 0.25) is 11.8 Å². The number of nitrogens with one attached hydrogen (secondary N) is 1. The van der Waals surface area contributed by atoms with E-state index in [0.29, 0.717) is 11.5 Å². The van der Waals surface area contributed by atoms with Crippen molar-refractivity contribution in [1.29, 1.82) is 0 Å². The van der Waals surface area contributed by atoms with Crippen LogP contribution in [-0.4, -0.2) is 44.8 Å². The van der Waals surface area contributed by atoms with E-state index < -0.39 is 28.5 Å². The number of sulfonamides is 1. The molecule has 5 aromatic rings. The van der Waals surface area contributed by atoms with Crippen LogP contribution in [0, 0.1) is 6.92 Å². The summed E-state index contributed by atoms with van der Waals surface area (Å²) in [6.07, 6.45) is 0.245. The van der Waals surface area contributed by atoms with Crippen LogP contribution in [0.15, 0.2) is 144 Å². The Bertz CT molecular complexity index is 1870. The van der Waals surface area contributed by atoms with Crippen LogP contribution in [0.5, 0.6) is 11.5 Å². The molecule has 0 bridgehead atoms. The lowest BCUT2D eigenvalue weighted by Gasteiger charge is -2.33. The first kappa shape index (κ1) is 33.0. The monoisotopic (exact) mass is 647 g/mol. The Morgan fingerprint density at radius 3 is 1.81 bits per heavy atom. The topological polar surface area (TPSA) is 96.0 Å². The molecule has 47 heavy (non-hydrogen) atoms. The molecular formula is C38H37N3O5S. The molecule has 5 aromatic carbocycles. The fraction of sp³-hybridized carbons (Fsp3) is 0.158. The van der Waals surface area contributed by atoms with Crippen LogP contribution in [-0.2, 0) is 32.6 Å². The maximum absolute atomic E-state index is 14.4. The van der Waals surface area contributed by atoms with Gasteiger partial charge in [0.15, 0.2) is 0 Å².